The fraction of sp³-hybridized carbons (Fsp3) is 0.273. The molecular formula is C22H25N5O2. The predicted octanol–water partition coefficient (Wildman–Crippen LogP) is 3.12. The molecule has 0 aliphatic heterocycles. The first-order valence-corrected chi connectivity index (χ1v) is 9.56. The molecule has 3 aromatic rings. The van der Waals surface area contributed by atoms with Crippen molar-refractivity contribution in [2.75, 3.05) is 11.9 Å². The second-order valence-corrected chi connectivity index (χ2v) is 6.95. The normalized spacial score (nSPS) is 10.6. The van der Waals surface area contributed by atoms with Gasteiger partial charge in [0.2, 0.25) is 5.91 Å². The van der Waals surface area contributed by atoms with Gasteiger partial charge in [-0.2, -0.15) is 9.90 Å². The molecule has 150 valence electrons. The Labute approximate surface area is 170 Å². The minimum atomic E-state index is -0.433. The largest absolute Gasteiger partial charge is 0.342 e. The number of rotatable bonds is 6. The van der Waals surface area contributed by atoms with Crippen LogP contribution in [-0.2, 0) is 11.2 Å². The van der Waals surface area contributed by atoms with Gasteiger partial charge in [0.25, 0.3) is 5.91 Å². The lowest BCUT2D eigenvalue weighted by molar-refractivity contribution is -0.115. The Morgan fingerprint density at radius 3 is 2.52 bits per heavy atom. The molecule has 0 atom stereocenters. The van der Waals surface area contributed by atoms with Gasteiger partial charge >= 0.3 is 0 Å². The van der Waals surface area contributed by atoms with E-state index in [0.717, 1.165) is 34.5 Å². The number of hydrogen-bond donors (Lipinski definition) is 2. The molecule has 2 N–H and O–H groups in total. The molecule has 0 spiro atoms. The first kappa shape index (κ1) is 20.3. The third kappa shape index (κ3) is 4.68. The van der Waals surface area contributed by atoms with Gasteiger partial charge in [-0.15, -0.1) is 5.10 Å². The number of anilines is 1. The molecule has 0 fully saturated rings. The highest BCUT2D eigenvalue weighted by atomic mass is 16.2. The maximum Gasteiger partial charge on any atom is 0.274 e. The van der Waals surface area contributed by atoms with Crippen molar-refractivity contribution in [3.63, 3.8) is 0 Å². The van der Waals surface area contributed by atoms with Gasteiger partial charge in [-0.25, -0.2) is 0 Å². The number of nitrogens with one attached hydrogen (secondary N) is 2. The fourth-order valence-corrected chi connectivity index (χ4v) is 3.12. The van der Waals surface area contributed by atoms with E-state index in [9.17, 15) is 9.59 Å². The minimum absolute atomic E-state index is 0.146. The molecule has 0 saturated carbocycles. The van der Waals surface area contributed by atoms with E-state index >= 15 is 0 Å². The number of hydrogen-bond acceptors (Lipinski definition) is 4. The van der Waals surface area contributed by atoms with E-state index in [4.69, 9.17) is 0 Å². The average molecular weight is 391 g/mol. The summed E-state index contributed by atoms with van der Waals surface area (Å²) in [4.78, 5) is 26.2. The molecule has 0 radical (unpaired) electrons. The zero-order chi connectivity index (χ0) is 21.0. The van der Waals surface area contributed by atoms with Crippen LogP contribution in [0.25, 0.3) is 5.69 Å². The van der Waals surface area contributed by atoms with E-state index in [1.54, 1.807) is 6.92 Å². The lowest BCUT2D eigenvalue weighted by Crippen LogP contribution is -2.33. The number of nitrogens with zero attached hydrogens (tertiary/aromatic N) is 3. The maximum atomic E-state index is 12.5. The third-order valence-electron chi connectivity index (χ3n) is 4.65. The van der Waals surface area contributed by atoms with Crippen molar-refractivity contribution >= 4 is 17.5 Å². The Hall–Kier alpha value is -3.48. The smallest absolute Gasteiger partial charge is 0.274 e. The Balaban J connectivity index is 1.67. The molecule has 0 aliphatic rings. The van der Waals surface area contributed by atoms with Gasteiger partial charge in [0.1, 0.15) is 0 Å². The molecule has 0 aliphatic carbocycles. The number of para-hydroxylation sites is 1. The average Bonchev–Trinajstić information content (AvgIpc) is 3.08. The van der Waals surface area contributed by atoms with Gasteiger partial charge in [-0.1, -0.05) is 42.8 Å². The van der Waals surface area contributed by atoms with Gasteiger partial charge in [0, 0.05) is 5.69 Å². The molecule has 29 heavy (non-hydrogen) atoms. The molecular weight excluding hydrogens is 366 g/mol. The summed E-state index contributed by atoms with van der Waals surface area (Å²) in [7, 11) is 0. The summed E-state index contributed by atoms with van der Waals surface area (Å²) in [5, 5.41) is 14.1. The van der Waals surface area contributed by atoms with E-state index in [0.29, 0.717) is 5.69 Å². The first-order valence-electron chi connectivity index (χ1n) is 9.56. The second kappa shape index (κ2) is 8.68. The number of carbonyl (C=O) groups is 2. The molecule has 0 unspecified atom stereocenters. The molecule has 7 nitrogen and oxygen atoms in total. The second-order valence-electron chi connectivity index (χ2n) is 6.95. The number of amides is 2. The third-order valence-corrected chi connectivity index (χ3v) is 4.65. The molecule has 0 saturated heterocycles. The van der Waals surface area contributed by atoms with Crippen molar-refractivity contribution in [3.05, 3.63) is 70.5 Å². The van der Waals surface area contributed by atoms with Crippen molar-refractivity contribution < 1.29 is 9.59 Å². The van der Waals surface area contributed by atoms with E-state index in [-0.39, 0.29) is 18.1 Å². The van der Waals surface area contributed by atoms with Crippen LogP contribution >= 0.6 is 0 Å². The molecule has 1 heterocycles. The van der Waals surface area contributed by atoms with Crippen LogP contribution in [0.1, 0.15) is 39.8 Å². The zero-order valence-corrected chi connectivity index (χ0v) is 17.1. The summed E-state index contributed by atoms with van der Waals surface area (Å²) in [5.41, 5.74) is 5.47. The van der Waals surface area contributed by atoms with Crippen molar-refractivity contribution in [3.8, 4) is 5.69 Å². The summed E-state index contributed by atoms with van der Waals surface area (Å²) >= 11 is 0. The molecule has 7 heteroatoms. The topological polar surface area (TPSA) is 88.9 Å². The van der Waals surface area contributed by atoms with Crippen LogP contribution in [0.5, 0.6) is 0 Å². The van der Waals surface area contributed by atoms with E-state index in [2.05, 4.69) is 20.8 Å². The fourth-order valence-electron chi connectivity index (χ4n) is 3.12. The number of benzene rings is 2. The van der Waals surface area contributed by atoms with E-state index in [1.165, 1.54) is 4.80 Å². The number of carbonyl (C=O) groups excluding carboxylic acids is 2. The molecule has 2 aromatic carbocycles. The molecule has 3 rings (SSSR count). The van der Waals surface area contributed by atoms with Gasteiger partial charge in [-0.3, -0.25) is 9.59 Å². The van der Waals surface area contributed by atoms with Crippen molar-refractivity contribution in [2.24, 2.45) is 0 Å². The maximum absolute atomic E-state index is 12.5. The Morgan fingerprint density at radius 2 is 1.79 bits per heavy atom. The van der Waals surface area contributed by atoms with Crippen LogP contribution in [0.15, 0.2) is 42.5 Å². The summed E-state index contributed by atoms with van der Waals surface area (Å²) < 4.78 is 0. The molecule has 2 amide bonds. The summed E-state index contributed by atoms with van der Waals surface area (Å²) in [5.74, 6) is -0.726. The van der Waals surface area contributed by atoms with Gasteiger partial charge in [-0.05, 0) is 50.5 Å². The highest BCUT2D eigenvalue weighted by Gasteiger charge is 2.18. The molecule has 1 aromatic heterocycles. The Kier molecular flexibility index (Phi) is 6.07. The van der Waals surface area contributed by atoms with Crippen LogP contribution in [0.3, 0.4) is 0 Å². The van der Waals surface area contributed by atoms with Gasteiger partial charge < -0.3 is 10.6 Å². The lowest BCUT2D eigenvalue weighted by Gasteiger charge is -2.10. The van der Waals surface area contributed by atoms with E-state index < -0.39 is 5.91 Å². The Morgan fingerprint density at radius 1 is 1.03 bits per heavy atom. The summed E-state index contributed by atoms with van der Waals surface area (Å²) in [6.45, 7) is 7.58. The van der Waals surface area contributed by atoms with Gasteiger partial charge in [0.05, 0.1) is 17.9 Å². The number of aryl methyl sites for hydroxylation is 4. The standard InChI is InChI=1S/C22H25N5O2/c1-5-17-8-6-7-9-18(17)24-20(28)13-23-22(29)21-16(4)25-27(26-21)19-11-10-14(2)12-15(19)3/h6-12H,5,13H2,1-4H3,(H,23,29)(H,24,28). The Bertz CT molecular complexity index is 1060. The summed E-state index contributed by atoms with van der Waals surface area (Å²) in [6.07, 6.45) is 0.809. The SMILES string of the molecule is CCc1ccccc1NC(=O)CNC(=O)c1nn(-c2ccc(C)cc2C)nc1C. The highest BCUT2D eigenvalue weighted by molar-refractivity contribution is 5.99. The lowest BCUT2D eigenvalue weighted by atomic mass is 10.1. The number of aromatic nitrogens is 3. The van der Waals surface area contributed by atoms with Crippen LogP contribution < -0.4 is 10.6 Å². The minimum Gasteiger partial charge on any atom is -0.342 e. The van der Waals surface area contributed by atoms with Crippen LogP contribution in [-0.4, -0.2) is 33.4 Å². The van der Waals surface area contributed by atoms with Crippen molar-refractivity contribution in [1.29, 1.82) is 0 Å². The first-order chi connectivity index (χ1) is 13.9. The molecule has 0 bridgehead atoms. The monoisotopic (exact) mass is 391 g/mol. The predicted molar refractivity (Wildman–Crippen MR) is 112 cm³/mol. The summed E-state index contributed by atoms with van der Waals surface area (Å²) in [6, 6.07) is 13.5. The zero-order valence-electron chi connectivity index (χ0n) is 17.1. The van der Waals surface area contributed by atoms with Crippen molar-refractivity contribution in [2.45, 2.75) is 34.1 Å². The van der Waals surface area contributed by atoms with E-state index in [1.807, 2.05) is 63.2 Å². The quantitative estimate of drug-likeness (QED) is 0.676. The van der Waals surface area contributed by atoms with Gasteiger partial charge in [0.15, 0.2) is 5.69 Å². The van der Waals surface area contributed by atoms with Crippen LogP contribution in [0, 0.1) is 20.8 Å². The van der Waals surface area contributed by atoms with Crippen molar-refractivity contribution in [1.82, 2.24) is 20.3 Å². The van der Waals surface area contributed by atoms with Crippen LogP contribution in [0.2, 0.25) is 0 Å². The highest BCUT2D eigenvalue weighted by Crippen LogP contribution is 2.16. The van der Waals surface area contributed by atoms with Crippen LogP contribution in [0.4, 0.5) is 5.69 Å².